The first-order valence-corrected chi connectivity index (χ1v) is 8.82. The van der Waals surface area contributed by atoms with Crippen molar-refractivity contribution in [2.45, 2.75) is 13.0 Å². The zero-order valence-electron chi connectivity index (χ0n) is 15.2. The van der Waals surface area contributed by atoms with Crippen LogP contribution in [-0.4, -0.2) is 21.6 Å². The molecule has 1 atom stereocenters. The number of nitrogens with two attached hydrogens (primary N) is 1. The van der Waals surface area contributed by atoms with Gasteiger partial charge in [0.15, 0.2) is 0 Å². The van der Waals surface area contributed by atoms with Crippen LogP contribution < -0.4 is 16.4 Å². The molecule has 2 amide bonds. The number of anilines is 2. The van der Waals surface area contributed by atoms with Crippen molar-refractivity contribution in [1.82, 2.24) is 9.78 Å². The normalized spacial score (nSPS) is 15.5. The van der Waals surface area contributed by atoms with Gasteiger partial charge in [-0.1, -0.05) is 48.5 Å². The smallest absolute Gasteiger partial charge is 0.255 e. The van der Waals surface area contributed by atoms with Gasteiger partial charge in [-0.2, -0.15) is 5.10 Å². The van der Waals surface area contributed by atoms with Crippen molar-refractivity contribution in [3.63, 3.8) is 0 Å². The van der Waals surface area contributed by atoms with Crippen molar-refractivity contribution in [3.8, 4) is 0 Å². The van der Waals surface area contributed by atoms with E-state index < -0.39 is 11.9 Å². The summed E-state index contributed by atoms with van der Waals surface area (Å²) in [7, 11) is 0. The molecule has 2 aromatic carbocycles. The predicted octanol–water partition coefficient (Wildman–Crippen LogP) is 2.91. The minimum atomic E-state index is -0.578. The Hall–Kier alpha value is -3.87. The van der Waals surface area contributed by atoms with E-state index in [4.69, 9.17) is 5.73 Å². The van der Waals surface area contributed by atoms with E-state index in [1.807, 2.05) is 60.7 Å². The average molecular weight is 373 g/mol. The molecule has 0 saturated heterocycles. The minimum absolute atomic E-state index is 0.244. The fraction of sp³-hybridized carbons (Fsp3) is 0.0952. The van der Waals surface area contributed by atoms with Gasteiger partial charge in [0.2, 0.25) is 0 Å². The molecule has 1 aliphatic rings. The van der Waals surface area contributed by atoms with Crippen molar-refractivity contribution in [1.29, 1.82) is 0 Å². The Bertz CT molecular complexity index is 1070. The molecule has 0 saturated carbocycles. The Labute approximate surface area is 161 Å². The van der Waals surface area contributed by atoms with Crippen LogP contribution in [0.15, 0.2) is 78.1 Å². The molecule has 1 unspecified atom stereocenters. The second-order valence-electron chi connectivity index (χ2n) is 6.51. The highest BCUT2D eigenvalue weighted by Crippen LogP contribution is 2.37. The van der Waals surface area contributed by atoms with Gasteiger partial charge in [0.25, 0.3) is 11.8 Å². The summed E-state index contributed by atoms with van der Waals surface area (Å²) >= 11 is 0. The van der Waals surface area contributed by atoms with E-state index >= 15 is 0 Å². The number of primary amides is 1. The van der Waals surface area contributed by atoms with E-state index in [0.717, 1.165) is 5.56 Å². The Morgan fingerprint density at radius 2 is 1.71 bits per heavy atom. The van der Waals surface area contributed by atoms with Gasteiger partial charge in [-0.05, 0) is 24.6 Å². The topological polar surface area (TPSA) is 102 Å². The molecule has 3 aromatic rings. The molecule has 0 bridgehead atoms. The summed E-state index contributed by atoms with van der Waals surface area (Å²) in [6.07, 6.45) is 1.42. The summed E-state index contributed by atoms with van der Waals surface area (Å²) in [5.74, 6) is -0.340. The quantitative estimate of drug-likeness (QED) is 0.654. The summed E-state index contributed by atoms with van der Waals surface area (Å²) < 4.78 is 1.63. The fourth-order valence-electron chi connectivity index (χ4n) is 3.39. The molecule has 0 spiro atoms. The molecule has 7 heteroatoms. The molecule has 0 fully saturated rings. The van der Waals surface area contributed by atoms with Crippen LogP contribution in [-0.2, 0) is 4.79 Å². The van der Waals surface area contributed by atoms with E-state index in [1.165, 1.54) is 6.20 Å². The molecular formula is C21H19N5O2. The molecule has 0 radical (unpaired) electrons. The first-order chi connectivity index (χ1) is 13.6. The van der Waals surface area contributed by atoms with Crippen molar-refractivity contribution in [3.05, 3.63) is 89.3 Å². The van der Waals surface area contributed by atoms with Crippen LogP contribution in [0, 0.1) is 0 Å². The van der Waals surface area contributed by atoms with Crippen LogP contribution >= 0.6 is 0 Å². The lowest BCUT2D eigenvalue weighted by molar-refractivity contribution is -0.113. The maximum absolute atomic E-state index is 13.2. The summed E-state index contributed by atoms with van der Waals surface area (Å²) in [5.41, 5.74) is 8.49. The summed E-state index contributed by atoms with van der Waals surface area (Å²) in [6.45, 7) is 1.80. The van der Waals surface area contributed by atoms with E-state index in [0.29, 0.717) is 22.8 Å². The van der Waals surface area contributed by atoms with Crippen LogP contribution in [0.3, 0.4) is 0 Å². The van der Waals surface area contributed by atoms with Gasteiger partial charge in [0, 0.05) is 11.4 Å². The lowest BCUT2D eigenvalue weighted by Crippen LogP contribution is -2.32. The number of hydrogen-bond donors (Lipinski definition) is 3. The zero-order valence-corrected chi connectivity index (χ0v) is 15.2. The molecule has 2 heterocycles. The van der Waals surface area contributed by atoms with Gasteiger partial charge in [-0.15, -0.1) is 0 Å². The number of carbonyl (C=O) groups is 2. The van der Waals surface area contributed by atoms with Crippen LogP contribution in [0.2, 0.25) is 0 Å². The van der Waals surface area contributed by atoms with Crippen molar-refractivity contribution < 1.29 is 9.59 Å². The predicted molar refractivity (Wildman–Crippen MR) is 107 cm³/mol. The number of fused-ring (bicyclic) bond motifs is 1. The minimum Gasteiger partial charge on any atom is -0.365 e. The first-order valence-electron chi connectivity index (χ1n) is 8.82. The zero-order chi connectivity index (χ0) is 19.7. The number of allylic oxidation sites excluding steroid dienone is 1. The third-order valence-electron chi connectivity index (χ3n) is 4.68. The number of para-hydroxylation sites is 1. The van der Waals surface area contributed by atoms with Crippen LogP contribution in [0.5, 0.6) is 0 Å². The molecule has 4 rings (SSSR count). The van der Waals surface area contributed by atoms with Crippen LogP contribution in [0.4, 0.5) is 11.5 Å². The van der Waals surface area contributed by atoms with Gasteiger partial charge in [-0.3, -0.25) is 9.59 Å². The first kappa shape index (κ1) is 17.5. The van der Waals surface area contributed by atoms with E-state index in [2.05, 4.69) is 15.7 Å². The van der Waals surface area contributed by atoms with E-state index in [9.17, 15) is 9.59 Å². The monoisotopic (exact) mass is 373 g/mol. The average Bonchev–Trinajstić information content (AvgIpc) is 3.12. The Morgan fingerprint density at radius 1 is 1.07 bits per heavy atom. The molecule has 0 aliphatic carbocycles. The number of benzene rings is 2. The third-order valence-corrected chi connectivity index (χ3v) is 4.68. The van der Waals surface area contributed by atoms with Gasteiger partial charge in [0.05, 0.1) is 11.8 Å². The summed E-state index contributed by atoms with van der Waals surface area (Å²) in [4.78, 5) is 24.9. The highest BCUT2D eigenvalue weighted by atomic mass is 16.2. The number of carbonyl (C=O) groups excluding carboxylic acids is 2. The molecular weight excluding hydrogens is 354 g/mol. The molecule has 140 valence electrons. The van der Waals surface area contributed by atoms with Gasteiger partial charge in [0.1, 0.15) is 17.4 Å². The number of nitrogens with one attached hydrogen (secondary N) is 2. The SMILES string of the molecule is CC1=C(C(=O)Nc2ccccc2)C(c2ccccc2)n2ncc(C(N)=O)c2N1. The van der Waals surface area contributed by atoms with Crippen molar-refractivity contribution >= 4 is 23.3 Å². The summed E-state index contributed by atoms with van der Waals surface area (Å²) in [5, 5.41) is 10.4. The number of aromatic nitrogens is 2. The van der Waals surface area contributed by atoms with E-state index in [-0.39, 0.29) is 11.5 Å². The number of nitrogens with zero attached hydrogens (tertiary/aromatic N) is 2. The highest BCUT2D eigenvalue weighted by molar-refractivity contribution is 6.06. The van der Waals surface area contributed by atoms with Gasteiger partial charge in [-0.25, -0.2) is 4.68 Å². The second kappa shape index (κ2) is 7.03. The lowest BCUT2D eigenvalue weighted by atomic mass is 9.94. The molecule has 1 aromatic heterocycles. The maximum Gasteiger partial charge on any atom is 0.255 e. The fourth-order valence-corrected chi connectivity index (χ4v) is 3.39. The van der Waals surface area contributed by atoms with E-state index in [1.54, 1.807) is 11.6 Å². The van der Waals surface area contributed by atoms with Crippen LogP contribution in [0.25, 0.3) is 0 Å². The number of rotatable bonds is 4. The lowest BCUT2D eigenvalue weighted by Gasteiger charge is -2.30. The number of hydrogen-bond acceptors (Lipinski definition) is 4. The van der Waals surface area contributed by atoms with Gasteiger partial charge >= 0.3 is 0 Å². The largest absolute Gasteiger partial charge is 0.365 e. The third kappa shape index (κ3) is 3.03. The Balaban J connectivity index is 1.81. The van der Waals surface area contributed by atoms with Crippen molar-refractivity contribution in [2.24, 2.45) is 5.73 Å². The molecule has 7 nitrogen and oxygen atoms in total. The van der Waals surface area contributed by atoms with Crippen molar-refractivity contribution in [2.75, 3.05) is 10.6 Å². The number of amides is 2. The Kier molecular flexibility index (Phi) is 4.41. The molecule has 4 N–H and O–H groups in total. The van der Waals surface area contributed by atoms with Gasteiger partial charge < -0.3 is 16.4 Å². The maximum atomic E-state index is 13.2. The van der Waals surface area contributed by atoms with Crippen LogP contribution in [0.1, 0.15) is 28.9 Å². The Morgan fingerprint density at radius 3 is 2.36 bits per heavy atom. The summed E-state index contributed by atoms with van der Waals surface area (Å²) in [6, 6.07) is 18.3. The second-order valence-corrected chi connectivity index (χ2v) is 6.51. The standard InChI is InChI=1S/C21H19N5O2/c1-13-17(21(28)25-15-10-6-3-7-11-15)18(14-8-4-2-5-9-14)26-20(24-13)16(12-23-26)19(22)27/h2-12,18,24H,1H3,(H2,22,27)(H,25,28). The highest BCUT2D eigenvalue weighted by Gasteiger charge is 2.34. The molecule has 1 aliphatic heterocycles. The molecule has 28 heavy (non-hydrogen) atoms.